The summed E-state index contributed by atoms with van der Waals surface area (Å²) in [6.07, 6.45) is 5.15. The second kappa shape index (κ2) is 4.85. The number of H-pyrrole nitrogens is 1. The molecule has 1 N–H and O–H groups in total. The van der Waals surface area contributed by atoms with Crippen LogP contribution in [0.2, 0.25) is 0 Å². The zero-order valence-corrected chi connectivity index (χ0v) is 9.91. The van der Waals surface area contributed by atoms with Crippen LogP contribution in [0.5, 0.6) is 0 Å². The minimum Gasteiger partial charge on any atom is -0.321 e. The number of aromatic amines is 1. The lowest BCUT2D eigenvalue weighted by Gasteiger charge is -2.04. The van der Waals surface area contributed by atoms with Gasteiger partial charge in [-0.3, -0.25) is 9.78 Å². The summed E-state index contributed by atoms with van der Waals surface area (Å²) in [4.78, 5) is 19.0. The molecule has 0 unspecified atom stereocenters. The highest BCUT2D eigenvalue weighted by molar-refractivity contribution is 7.98. The van der Waals surface area contributed by atoms with E-state index in [0.717, 1.165) is 5.56 Å². The highest BCUT2D eigenvalue weighted by atomic mass is 32.2. The summed E-state index contributed by atoms with van der Waals surface area (Å²) in [6.45, 7) is 0. The Morgan fingerprint density at radius 3 is 2.71 bits per heavy atom. The number of rotatable bonds is 2. The lowest BCUT2D eigenvalue weighted by molar-refractivity contribution is 1.16. The Morgan fingerprint density at radius 2 is 2.12 bits per heavy atom. The third-order valence-corrected chi connectivity index (χ3v) is 3.08. The van der Waals surface area contributed by atoms with Crippen molar-refractivity contribution >= 4 is 11.8 Å². The second-order valence-corrected chi connectivity index (χ2v) is 4.15. The fourth-order valence-corrected chi connectivity index (χ4v) is 2.07. The van der Waals surface area contributed by atoms with Gasteiger partial charge in [0.1, 0.15) is 11.6 Å². The number of nitrogens with one attached hydrogen (secondary N) is 1. The average molecular weight is 243 g/mol. The summed E-state index contributed by atoms with van der Waals surface area (Å²) in [7, 11) is 0. The number of nitriles is 1. The van der Waals surface area contributed by atoms with E-state index in [2.05, 4.69) is 9.97 Å². The van der Waals surface area contributed by atoms with Gasteiger partial charge in [0.2, 0.25) is 0 Å². The molecule has 2 aromatic rings. The topological polar surface area (TPSA) is 69.5 Å². The summed E-state index contributed by atoms with van der Waals surface area (Å²) in [6, 6.07) is 7.34. The molecular formula is C12H9N3OS. The molecule has 2 rings (SSSR count). The van der Waals surface area contributed by atoms with E-state index in [1.807, 2.05) is 12.3 Å². The van der Waals surface area contributed by atoms with Crippen molar-refractivity contribution in [3.8, 4) is 17.3 Å². The van der Waals surface area contributed by atoms with Gasteiger partial charge in [-0.1, -0.05) is 0 Å². The van der Waals surface area contributed by atoms with Crippen molar-refractivity contribution < 1.29 is 0 Å². The predicted molar refractivity (Wildman–Crippen MR) is 66.8 cm³/mol. The normalized spacial score (nSPS) is 9.88. The van der Waals surface area contributed by atoms with Gasteiger partial charge in [-0.15, -0.1) is 11.8 Å². The van der Waals surface area contributed by atoms with Crippen molar-refractivity contribution in [2.75, 3.05) is 6.26 Å². The molecule has 0 aromatic carbocycles. The first kappa shape index (κ1) is 11.4. The first-order chi connectivity index (χ1) is 8.26. The molecule has 0 aliphatic heterocycles. The van der Waals surface area contributed by atoms with Crippen molar-refractivity contribution in [1.29, 1.82) is 5.26 Å². The fourth-order valence-electron chi connectivity index (χ4n) is 1.49. The number of thioether (sulfide) groups is 1. The number of pyridine rings is 2. The molecule has 2 heterocycles. The van der Waals surface area contributed by atoms with Crippen LogP contribution in [-0.4, -0.2) is 16.2 Å². The van der Waals surface area contributed by atoms with Crippen molar-refractivity contribution in [2.45, 2.75) is 4.90 Å². The molecule has 84 valence electrons. The van der Waals surface area contributed by atoms with Crippen molar-refractivity contribution in [3.63, 3.8) is 0 Å². The van der Waals surface area contributed by atoms with Crippen LogP contribution in [-0.2, 0) is 0 Å². The SMILES string of the molecule is CSc1cc(-c2ccncc2)[nH]c(=O)c1C#N. The van der Waals surface area contributed by atoms with Gasteiger partial charge >= 0.3 is 0 Å². The first-order valence-corrected chi connectivity index (χ1v) is 6.10. The molecule has 0 atom stereocenters. The maximum Gasteiger partial charge on any atom is 0.267 e. The van der Waals surface area contributed by atoms with Gasteiger partial charge in [0.25, 0.3) is 5.56 Å². The molecule has 0 amide bonds. The highest BCUT2D eigenvalue weighted by Crippen LogP contribution is 2.22. The van der Waals surface area contributed by atoms with E-state index in [0.29, 0.717) is 10.6 Å². The van der Waals surface area contributed by atoms with E-state index in [-0.39, 0.29) is 11.1 Å². The highest BCUT2D eigenvalue weighted by Gasteiger charge is 2.09. The first-order valence-electron chi connectivity index (χ1n) is 4.88. The quantitative estimate of drug-likeness (QED) is 0.819. The van der Waals surface area contributed by atoms with Crippen molar-refractivity contribution in [3.05, 3.63) is 46.5 Å². The summed E-state index contributed by atoms with van der Waals surface area (Å²) in [5.41, 5.74) is 1.37. The van der Waals surface area contributed by atoms with E-state index in [4.69, 9.17) is 5.26 Å². The molecule has 0 saturated carbocycles. The maximum absolute atomic E-state index is 11.7. The zero-order chi connectivity index (χ0) is 12.3. The van der Waals surface area contributed by atoms with Crippen LogP contribution < -0.4 is 5.56 Å². The Bertz CT molecular complexity index is 628. The minimum absolute atomic E-state index is 0.162. The van der Waals surface area contributed by atoms with Crippen LogP contribution in [0.4, 0.5) is 0 Å². The van der Waals surface area contributed by atoms with E-state index in [9.17, 15) is 4.79 Å². The maximum atomic E-state index is 11.7. The molecule has 5 heteroatoms. The van der Waals surface area contributed by atoms with Crippen molar-refractivity contribution in [1.82, 2.24) is 9.97 Å². The second-order valence-electron chi connectivity index (χ2n) is 3.30. The summed E-state index contributed by atoms with van der Waals surface area (Å²) >= 11 is 1.38. The number of hydrogen-bond acceptors (Lipinski definition) is 4. The third kappa shape index (κ3) is 2.22. The number of nitrogens with zero attached hydrogens (tertiary/aromatic N) is 2. The van der Waals surface area contributed by atoms with Gasteiger partial charge in [-0.25, -0.2) is 0 Å². The van der Waals surface area contributed by atoms with Crippen LogP contribution in [0.15, 0.2) is 40.3 Å². The summed E-state index contributed by atoms with van der Waals surface area (Å²) < 4.78 is 0. The Balaban J connectivity index is 2.64. The molecule has 4 nitrogen and oxygen atoms in total. The Kier molecular flexibility index (Phi) is 3.26. The van der Waals surface area contributed by atoms with Gasteiger partial charge in [-0.2, -0.15) is 5.26 Å². The summed E-state index contributed by atoms with van der Waals surface area (Å²) in [5.74, 6) is 0. The lowest BCUT2D eigenvalue weighted by atomic mass is 10.1. The van der Waals surface area contributed by atoms with E-state index in [1.165, 1.54) is 11.8 Å². The van der Waals surface area contributed by atoms with Gasteiger partial charge < -0.3 is 4.98 Å². The minimum atomic E-state index is -0.355. The summed E-state index contributed by atoms with van der Waals surface area (Å²) in [5, 5.41) is 8.90. The van der Waals surface area contributed by atoms with Gasteiger partial charge in [0.05, 0.1) is 0 Å². The number of hydrogen-bond donors (Lipinski definition) is 1. The average Bonchev–Trinajstić information content (AvgIpc) is 2.38. The molecular weight excluding hydrogens is 234 g/mol. The van der Waals surface area contributed by atoms with E-state index >= 15 is 0 Å². The Hall–Kier alpha value is -2.06. The molecule has 0 radical (unpaired) electrons. The molecule has 2 aromatic heterocycles. The predicted octanol–water partition coefficient (Wildman–Crippen LogP) is 2.03. The van der Waals surface area contributed by atoms with Gasteiger partial charge in [0.15, 0.2) is 0 Å². The van der Waals surface area contributed by atoms with Crippen LogP contribution in [0.1, 0.15) is 5.56 Å². The largest absolute Gasteiger partial charge is 0.321 e. The fraction of sp³-hybridized carbons (Fsp3) is 0.0833. The molecule has 17 heavy (non-hydrogen) atoms. The Morgan fingerprint density at radius 1 is 1.41 bits per heavy atom. The van der Waals surface area contributed by atoms with E-state index < -0.39 is 0 Å². The monoisotopic (exact) mass is 243 g/mol. The molecule has 0 bridgehead atoms. The van der Waals surface area contributed by atoms with Crippen LogP contribution in [0.3, 0.4) is 0 Å². The molecule has 0 spiro atoms. The smallest absolute Gasteiger partial charge is 0.267 e. The molecule has 0 aliphatic rings. The van der Waals surface area contributed by atoms with Gasteiger partial charge in [0, 0.05) is 28.5 Å². The standard InChI is InChI=1S/C12H9N3OS/c1-17-11-6-10(8-2-4-14-5-3-8)15-12(16)9(11)7-13/h2-6H,1H3,(H,15,16). The zero-order valence-electron chi connectivity index (χ0n) is 9.10. The molecule has 0 aliphatic carbocycles. The van der Waals surface area contributed by atoms with Crippen molar-refractivity contribution in [2.24, 2.45) is 0 Å². The third-order valence-electron chi connectivity index (χ3n) is 2.32. The number of aromatic nitrogens is 2. The lowest BCUT2D eigenvalue weighted by Crippen LogP contribution is -2.12. The Labute approximate surface area is 102 Å². The molecule has 0 saturated heterocycles. The van der Waals surface area contributed by atoms with Crippen LogP contribution in [0, 0.1) is 11.3 Å². The van der Waals surface area contributed by atoms with Crippen LogP contribution >= 0.6 is 11.8 Å². The molecule has 0 fully saturated rings. The van der Waals surface area contributed by atoms with Gasteiger partial charge in [-0.05, 0) is 24.5 Å². The van der Waals surface area contributed by atoms with Crippen LogP contribution in [0.25, 0.3) is 11.3 Å². The van der Waals surface area contributed by atoms with E-state index in [1.54, 1.807) is 30.6 Å².